The van der Waals surface area contributed by atoms with E-state index in [-0.39, 0.29) is 15.7 Å². The Hall–Kier alpha value is -3.51. The number of aromatic nitrogens is 2. The summed E-state index contributed by atoms with van der Waals surface area (Å²) in [5.74, 6) is -1.08. The summed E-state index contributed by atoms with van der Waals surface area (Å²) in [6.07, 6.45) is 0. The molecule has 2 N–H and O–H groups in total. The standard InChI is InChI=1S/C19H18N6O4S2/c1-12-5-3-4-6-16(12)21-18(27)17(13(2)26)23-22-14-7-9-15(10-8-14)31(28,29)25-19-24-20-11-30-19/h3-11,17H,1-2H3,(H,21,27)(H,24,25). The van der Waals surface area contributed by atoms with E-state index >= 15 is 0 Å². The molecule has 0 fully saturated rings. The molecule has 1 atom stereocenters. The molecule has 0 saturated heterocycles. The number of carbonyl (C=O) groups is 2. The van der Waals surface area contributed by atoms with Gasteiger partial charge in [-0.2, -0.15) is 10.2 Å². The van der Waals surface area contributed by atoms with Gasteiger partial charge in [-0.05, 0) is 49.7 Å². The van der Waals surface area contributed by atoms with Gasteiger partial charge in [0, 0.05) is 5.69 Å². The summed E-state index contributed by atoms with van der Waals surface area (Å²) in [7, 11) is -3.83. The number of carbonyl (C=O) groups excluding carboxylic acids is 2. The fraction of sp³-hybridized carbons (Fsp3) is 0.158. The molecule has 0 radical (unpaired) electrons. The van der Waals surface area contributed by atoms with Gasteiger partial charge in [-0.25, -0.2) is 8.42 Å². The molecule has 10 nitrogen and oxygen atoms in total. The molecule has 1 unspecified atom stereocenters. The number of para-hydroxylation sites is 1. The SMILES string of the molecule is CC(=O)C(N=Nc1ccc(S(=O)(=O)Nc2nncs2)cc1)C(=O)Nc1ccccc1C. The second-order valence-electron chi connectivity index (χ2n) is 6.38. The van der Waals surface area contributed by atoms with Gasteiger partial charge in [0.25, 0.3) is 15.9 Å². The Balaban J connectivity index is 1.72. The lowest BCUT2D eigenvalue weighted by molar-refractivity contribution is -0.126. The summed E-state index contributed by atoms with van der Waals surface area (Å²) in [6, 6.07) is 11.3. The quantitative estimate of drug-likeness (QED) is 0.391. The van der Waals surface area contributed by atoms with E-state index in [4.69, 9.17) is 0 Å². The number of Topliss-reactive ketones (excluding diaryl/α,β-unsaturated/α-hetero) is 1. The Labute approximate surface area is 182 Å². The largest absolute Gasteiger partial charge is 0.324 e. The highest BCUT2D eigenvalue weighted by atomic mass is 32.2. The fourth-order valence-corrected chi connectivity index (χ4v) is 4.13. The van der Waals surface area contributed by atoms with Crippen molar-refractivity contribution in [3.63, 3.8) is 0 Å². The minimum absolute atomic E-state index is 0.0120. The molecule has 0 spiro atoms. The van der Waals surface area contributed by atoms with Crippen LogP contribution in [0.4, 0.5) is 16.5 Å². The van der Waals surface area contributed by atoms with Crippen molar-refractivity contribution < 1.29 is 18.0 Å². The minimum Gasteiger partial charge on any atom is -0.324 e. The summed E-state index contributed by atoms with van der Waals surface area (Å²) in [5, 5.41) is 17.8. The van der Waals surface area contributed by atoms with Gasteiger partial charge in [-0.1, -0.05) is 29.5 Å². The molecule has 2 aromatic carbocycles. The van der Waals surface area contributed by atoms with Crippen molar-refractivity contribution >= 4 is 49.6 Å². The molecule has 1 amide bonds. The van der Waals surface area contributed by atoms with Crippen LogP contribution in [0.3, 0.4) is 0 Å². The number of rotatable bonds is 8. The number of amides is 1. The van der Waals surface area contributed by atoms with E-state index in [0.717, 1.165) is 16.9 Å². The Morgan fingerprint density at radius 3 is 2.42 bits per heavy atom. The van der Waals surface area contributed by atoms with Crippen molar-refractivity contribution in [2.75, 3.05) is 10.0 Å². The van der Waals surface area contributed by atoms with Gasteiger partial charge in [0.1, 0.15) is 5.51 Å². The summed E-state index contributed by atoms with van der Waals surface area (Å²) >= 11 is 1.05. The van der Waals surface area contributed by atoms with Crippen LogP contribution < -0.4 is 10.0 Å². The van der Waals surface area contributed by atoms with Crippen LogP contribution in [0.25, 0.3) is 0 Å². The Morgan fingerprint density at radius 2 is 1.81 bits per heavy atom. The van der Waals surface area contributed by atoms with E-state index in [1.165, 1.54) is 36.7 Å². The zero-order valence-corrected chi connectivity index (χ0v) is 18.1. The Kier molecular flexibility index (Phi) is 6.82. The summed E-state index contributed by atoms with van der Waals surface area (Å²) < 4.78 is 27.0. The van der Waals surface area contributed by atoms with Gasteiger partial charge in [0.15, 0.2) is 5.78 Å². The molecule has 160 valence electrons. The maximum Gasteiger partial charge on any atom is 0.263 e. The number of anilines is 2. The smallest absolute Gasteiger partial charge is 0.263 e. The second kappa shape index (κ2) is 9.53. The maximum atomic E-state index is 12.5. The van der Waals surface area contributed by atoms with E-state index in [9.17, 15) is 18.0 Å². The molecular weight excluding hydrogens is 440 g/mol. The summed E-state index contributed by atoms with van der Waals surface area (Å²) in [4.78, 5) is 24.4. The number of benzene rings is 2. The molecule has 1 aromatic heterocycles. The van der Waals surface area contributed by atoms with Gasteiger partial charge < -0.3 is 5.32 Å². The van der Waals surface area contributed by atoms with E-state index < -0.39 is 27.8 Å². The highest BCUT2D eigenvalue weighted by Gasteiger charge is 2.23. The molecule has 0 bridgehead atoms. The first-order valence-corrected chi connectivity index (χ1v) is 11.3. The van der Waals surface area contributed by atoms with E-state index in [1.807, 2.05) is 19.1 Å². The van der Waals surface area contributed by atoms with Crippen molar-refractivity contribution in [2.24, 2.45) is 10.2 Å². The van der Waals surface area contributed by atoms with Crippen LogP contribution in [0.5, 0.6) is 0 Å². The zero-order chi connectivity index (χ0) is 22.4. The lowest BCUT2D eigenvalue weighted by Crippen LogP contribution is -2.32. The summed E-state index contributed by atoms with van der Waals surface area (Å²) in [6.45, 7) is 3.07. The first kappa shape index (κ1) is 22.2. The fourth-order valence-electron chi connectivity index (χ4n) is 2.44. The lowest BCUT2D eigenvalue weighted by Gasteiger charge is -2.11. The molecule has 3 aromatic rings. The Morgan fingerprint density at radius 1 is 1.10 bits per heavy atom. The Bertz CT molecular complexity index is 1210. The molecular formula is C19H18N6O4S2. The van der Waals surface area contributed by atoms with Gasteiger partial charge in [0.05, 0.1) is 10.6 Å². The molecule has 1 heterocycles. The average molecular weight is 459 g/mol. The number of nitrogens with one attached hydrogen (secondary N) is 2. The van der Waals surface area contributed by atoms with Crippen LogP contribution in [0.15, 0.2) is 69.2 Å². The highest BCUT2D eigenvalue weighted by molar-refractivity contribution is 7.93. The molecule has 0 aliphatic rings. The van der Waals surface area contributed by atoms with Crippen LogP contribution in [-0.2, 0) is 19.6 Å². The van der Waals surface area contributed by atoms with Gasteiger partial charge >= 0.3 is 0 Å². The van der Waals surface area contributed by atoms with Crippen molar-refractivity contribution in [3.8, 4) is 0 Å². The first-order chi connectivity index (χ1) is 14.8. The van der Waals surface area contributed by atoms with Gasteiger partial charge in [-0.15, -0.1) is 10.2 Å². The van der Waals surface area contributed by atoms with Crippen molar-refractivity contribution in [3.05, 3.63) is 59.6 Å². The number of azo groups is 1. The predicted octanol–water partition coefficient (Wildman–Crippen LogP) is 3.33. The normalized spacial score (nSPS) is 12.5. The summed E-state index contributed by atoms with van der Waals surface area (Å²) in [5.41, 5.74) is 3.10. The molecule has 0 aliphatic heterocycles. The molecule has 0 aliphatic carbocycles. The van der Waals surface area contributed by atoms with Crippen molar-refractivity contribution in [1.29, 1.82) is 0 Å². The monoisotopic (exact) mass is 458 g/mol. The number of nitrogens with zero attached hydrogens (tertiary/aromatic N) is 4. The van der Waals surface area contributed by atoms with Gasteiger partial charge in [-0.3, -0.25) is 14.3 Å². The van der Waals surface area contributed by atoms with Crippen molar-refractivity contribution in [1.82, 2.24) is 10.2 Å². The van der Waals surface area contributed by atoms with Crippen LogP contribution in [0.2, 0.25) is 0 Å². The third-order valence-electron chi connectivity index (χ3n) is 4.05. The van der Waals surface area contributed by atoms with E-state index in [0.29, 0.717) is 5.69 Å². The minimum atomic E-state index is -3.83. The van der Waals surface area contributed by atoms with Crippen molar-refractivity contribution in [2.45, 2.75) is 24.8 Å². The maximum absolute atomic E-state index is 12.5. The first-order valence-electron chi connectivity index (χ1n) is 8.93. The van der Waals surface area contributed by atoms with E-state index in [2.05, 4.69) is 30.5 Å². The van der Waals surface area contributed by atoms with Crippen LogP contribution in [-0.4, -0.2) is 36.3 Å². The zero-order valence-electron chi connectivity index (χ0n) is 16.5. The number of sulfonamides is 1. The molecule has 0 saturated carbocycles. The van der Waals surface area contributed by atoms with Crippen LogP contribution in [0, 0.1) is 6.92 Å². The van der Waals surface area contributed by atoms with Gasteiger partial charge in [0.2, 0.25) is 11.2 Å². The number of aryl methyl sites for hydroxylation is 1. The predicted molar refractivity (Wildman–Crippen MR) is 116 cm³/mol. The topological polar surface area (TPSA) is 143 Å². The van der Waals surface area contributed by atoms with Crippen LogP contribution in [0.1, 0.15) is 12.5 Å². The number of hydrogen-bond donors (Lipinski definition) is 2. The molecule has 12 heteroatoms. The third kappa shape index (κ3) is 5.77. The molecule has 31 heavy (non-hydrogen) atoms. The average Bonchev–Trinajstić information content (AvgIpc) is 3.22. The second-order valence-corrected chi connectivity index (χ2v) is 8.89. The third-order valence-corrected chi connectivity index (χ3v) is 6.14. The number of ketones is 1. The van der Waals surface area contributed by atoms with Crippen LogP contribution >= 0.6 is 11.3 Å². The lowest BCUT2D eigenvalue weighted by atomic mass is 10.1. The number of hydrogen-bond acceptors (Lipinski definition) is 9. The van der Waals surface area contributed by atoms with E-state index in [1.54, 1.807) is 12.1 Å². The highest BCUT2D eigenvalue weighted by Crippen LogP contribution is 2.21. The molecule has 3 rings (SSSR count).